The van der Waals surface area contributed by atoms with E-state index in [0.29, 0.717) is 6.04 Å². The van der Waals surface area contributed by atoms with Crippen LogP contribution in [0, 0.1) is 0 Å². The molecule has 2 bridgehead atoms. The van der Waals surface area contributed by atoms with Crippen molar-refractivity contribution in [1.29, 1.82) is 0 Å². The molecule has 0 saturated carbocycles. The lowest BCUT2D eigenvalue weighted by atomic mass is 9.98. The van der Waals surface area contributed by atoms with Crippen LogP contribution < -0.4 is 5.32 Å². The molecule has 3 rings (SSSR count). The molecule has 2 atom stereocenters. The zero-order chi connectivity index (χ0) is 14.7. The summed E-state index contributed by atoms with van der Waals surface area (Å²) in [6.45, 7) is 7.35. The monoisotopic (exact) mass is 292 g/mol. The van der Waals surface area contributed by atoms with Crippen LogP contribution in [0.15, 0.2) is 0 Å². The molecule has 1 aromatic rings. The van der Waals surface area contributed by atoms with E-state index in [1.54, 1.807) is 0 Å². The third-order valence-electron chi connectivity index (χ3n) is 5.04. The van der Waals surface area contributed by atoms with Crippen molar-refractivity contribution in [3.63, 3.8) is 0 Å². The maximum absolute atomic E-state index is 4.25. The van der Waals surface area contributed by atoms with Gasteiger partial charge in [0.1, 0.15) is 0 Å². The predicted molar refractivity (Wildman–Crippen MR) is 81.8 cm³/mol. The first-order chi connectivity index (χ1) is 10.3. The number of tetrazole rings is 1. The van der Waals surface area contributed by atoms with Crippen LogP contribution in [0.5, 0.6) is 0 Å². The number of rotatable bonds is 7. The maximum Gasteiger partial charge on any atom is 0.165 e. The molecule has 0 amide bonds. The van der Waals surface area contributed by atoms with Gasteiger partial charge in [0.25, 0.3) is 0 Å². The maximum atomic E-state index is 4.25. The van der Waals surface area contributed by atoms with E-state index in [9.17, 15) is 0 Å². The smallest absolute Gasteiger partial charge is 0.165 e. The summed E-state index contributed by atoms with van der Waals surface area (Å²) in [5.74, 6) is 1.02. The molecule has 1 aromatic heterocycles. The third kappa shape index (κ3) is 3.43. The minimum absolute atomic E-state index is 0.685. The van der Waals surface area contributed by atoms with Crippen LogP contribution >= 0.6 is 0 Å². The molecule has 2 fully saturated rings. The minimum atomic E-state index is 0.685. The van der Waals surface area contributed by atoms with Crippen LogP contribution in [-0.2, 0) is 13.1 Å². The van der Waals surface area contributed by atoms with Gasteiger partial charge < -0.3 is 5.32 Å². The molecule has 0 aliphatic carbocycles. The van der Waals surface area contributed by atoms with Gasteiger partial charge >= 0.3 is 0 Å². The second-order valence-corrected chi connectivity index (χ2v) is 6.50. The van der Waals surface area contributed by atoms with Gasteiger partial charge in [-0.1, -0.05) is 20.3 Å². The van der Waals surface area contributed by atoms with Gasteiger partial charge in [-0.15, -0.1) is 5.10 Å². The summed E-state index contributed by atoms with van der Waals surface area (Å²) >= 11 is 0. The molecule has 0 radical (unpaired) electrons. The second-order valence-electron chi connectivity index (χ2n) is 6.50. The van der Waals surface area contributed by atoms with Gasteiger partial charge in [-0.2, -0.15) is 0 Å². The van der Waals surface area contributed by atoms with E-state index in [4.69, 9.17) is 0 Å². The summed E-state index contributed by atoms with van der Waals surface area (Å²) in [5, 5.41) is 16.0. The highest BCUT2D eigenvalue weighted by Crippen LogP contribution is 2.30. The Labute approximate surface area is 127 Å². The number of aryl methyl sites for hydroxylation is 1. The van der Waals surface area contributed by atoms with Crippen LogP contribution in [0.4, 0.5) is 0 Å². The van der Waals surface area contributed by atoms with Crippen LogP contribution in [0.3, 0.4) is 0 Å². The largest absolute Gasteiger partial charge is 0.311 e. The molecule has 1 N–H and O–H groups in total. The van der Waals surface area contributed by atoms with Gasteiger partial charge in [-0.25, -0.2) is 4.68 Å². The molecule has 21 heavy (non-hydrogen) atoms. The van der Waals surface area contributed by atoms with Crippen molar-refractivity contribution in [2.75, 3.05) is 6.54 Å². The standard InChI is InChI=1S/C15H28N6/c1-3-5-8-21-15(17-18-19-21)11-20(4-2)14-9-12-6-7-13(10-14)16-12/h12-14,16H,3-11H2,1-2H3. The number of nitrogens with zero attached hydrogens (tertiary/aromatic N) is 5. The molecule has 3 heterocycles. The molecule has 2 aliphatic heterocycles. The van der Waals surface area contributed by atoms with Gasteiger partial charge in [0.15, 0.2) is 5.82 Å². The van der Waals surface area contributed by atoms with Gasteiger partial charge in [-0.3, -0.25) is 4.90 Å². The fraction of sp³-hybridized carbons (Fsp3) is 0.933. The first kappa shape index (κ1) is 14.9. The van der Waals surface area contributed by atoms with E-state index in [0.717, 1.165) is 44.0 Å². The third-order valence-corrected chi connectivity index (χ3v) is 5.04. The summed E-state index contributed by atoms with van der Waals surface area (Å²) in [6.07, 6.45) is 7.58. The number of hydrogen-bond acceptors (Lipinski definition) is 5. The quantitative estimate of drug-likeness (QED) is 0.827. The first-order valence-corrected chi connectivity index (χ1v) is 8.55. The molecule has 6 heteroatoms. The Balaban J connectivity index is 1.63. The Morgan fingerprint density at radius 3 is 2.67 bits per heavy atom. The highest BCUT2D eigenvalue weighted by molar-refractivity contribution is 4.96. The Morgan fingerprint density at radius 1 is 1.24 bits per heavy atom. The molecule has 2 unspecified atom stereocenters. The van der Waals surface area contributed by atoms with E-state index in [2.05, 4.69) is 39.6 Å². The normalized spacial score (nSPS) is 28.4. The Kier molecular flexibility index (Phi) is 4.85. The first-order valence-electron chi connectivity index (χ1n) is 8.55. The Morgan fingerprint density at radius 2 is 2.00 bits per heavy atom. The lowest BCUT2D eigenvalue weighted by Crippen LogP contribution is -2.48. The van der Waals surface area contributed by atoms with Crippen molar-refractivity contribution in [1.82, 2.24) is 30.4 Å². The summed E-state index contributed by atoms with van der Waals surface area (Å²) in [7, 11) is 0. The van der Waals surface area contributed by atoms with Gasteiger partial charge in [0.2, 0.25) is 0 Å². The fourth-order valence-electron chi connectivity index (χ4n) is 3.82. The van der Waals surface area contributed by atoms with E-state index in [-0.39, 0.29) is 0 Å². The molecule has 2 aliphatic rings. The highest BCUT2D eigenvalue weighted by atomic mass is 15.5. The lowest BCUT2D eigenvalue weighted by Gasteiger charge is -2.36. The molecule has 118 valence electrons. The van der Waals surface area contributed by atoms with E-state index < -0.39 is 0 Å². The topological polar surface area (TPSA) is 58.9 Å². The summed E-state index contributed by atoms with van der Waals surface area (Å²) in [5.41, 5.74) is 0. The van der Waals surface area contributed by atoms with E-state index in [1.165, 1.54) is 32.1 Å². The van der Waals surface area contributed by atoms with Crippen molar-refractivity contribution in [2.45, 2.75) is 83.6 Å². The predicted octanol–water partition coefficient (Wildman–Crippen LogP) is 1.58. The molecule has 2 saturated heterocycles. The van der Waals surface area contributed by atoms with Gasteiger partial charge in [-0.05, 0) is 49.1 Å². The van der Waals surface area contributed by atoms with Crippen molar-refractivity contribution < 1.29 is 0 Å². The van der Waals surface area contributed by atoms with E-state index >= 15 is 0 Å². The Bertz CT molecular complexity index is 433. The fourth-order valence-corrected chi connectivity index (χ4v) is 3.82. The van der Waals surface area contributed by atoms with Crippen molar-refractivity contribution >= 4 is 0 Å². The lowest BCUT2D eigenvalue weighted by molar-refractivity contribution is 0.135. The number of fused-ring (bicyclic) bond motifs is 2. The highest BCUT2D eigenvalue weighted by Gasteiger charge is 2.35. The zero-order valence-corrected chi connectivity index (χ0v) is 13.3. The SMILES string of the molecule is CCCCn1nnnc1CN(CC)C1CC2CCC(C1)N2. The Hall–Kier alpha value is -1.01. The zero-order valence-electron chi connectivity index (χ0n) is 13.3. The number of nitrogens with one attached hydrogen (secondary N) is 1. The summed E-state index contributed by atoms with van der Waals surface area (Å²) in [6, 6.07) is 2.16. The second kappa shape index (κ2) is 6.83. The van der Waals surface area contributed by atoms with Gasteiger partial charge in [0, 0.05) is 24.7 Å². The van der Waals surface area contributed by atoms with Crippen LogP contribution in [-0.4, -0.2) is 49.8 Å². The molecule has 0 aromatic carbocycles. The van der Waals surface area contributed by atoms with Crippen LogP contribution in [0.2, 0.25) is 0 Å². The number of unbranched alkanes of at least 4 members (excludes halogenated alkanes) is 1. The van der Waals surface area contributed by atoms with Crippen molar-refractivity contribution in [2.24, 2.45) is 0 Å². The summed E-state index contributed by atoms with van der Waals surface area (Å²) in [4.78, 5) is 2.57. The molecule has 6 nitrogen and oxygen atoms in total. The molecular formula is C15H28N6. The number of piperidine rings is 1. The molecular weight excluding hydrogens is 264 g/mol. The number of hydrogen-bond donors (Lipinski definition) is 1. The van der Waals surface area contributed by atoms with Crippen LogP contribution in [0.25, 0.3) is 0 Å². The van der Waals surface area contributed by atoms with Crippen molar-refractivity contribution in [3.05, 3.63) is 5.82 Å². The minimum Gasteiger partial charge on any atom is -0.311 e. The average molecular weight is 292 g/mol. The number of aromatic nitrogens is 4. The average Bonchev–Trinajstić information content (AvgIpc) is 3.08. The van der Waals surface area contributed by atoms with Gasteiger partial charge in [0.05, 0.1) is 6.54 Å². The van der Waals surface area contributed by atoms with Crippen LogP contribution in [0.1, 0.15) is 58.2 Å². The van der Waals surface area contributed by atoms with Crippen molar-refractivity contribution in [3.8, 4) is 0 Å². The molecule has 0 spiro atoms. The summed E-state index contributed by atoms with van der Waals surface area (Å²) < 4.78 is 1.99. The van der Waals surface area contributed by atoms with E-state index in [1.807, 2.05) is 4.68 Å².